The maximum absolute atomic E-state index is 12.7. The zero-order valence-electron chi connectivity index (χ0n) is 15.2. The number of ether oxygens (including phenoxy) is 3. The molecule has 0 fully saturated rings. The van der Waals surface area contributed by atoms with Crippen molar-refractivity contribution in [2.24, 2.45) is 0 Å². The third kappa shape index (κ3) is 3.71. The molecular formula is C20H17NO7. The number of hydrogen-bond donors (Lipinski definition) is 1. The molecule has 1 atom stereocenters. The lowest BCUT2D eigenvalue weighted by Crippen LogP contribution is -2.38. The fraction of sp³-hybridized carbons (Fsp3) is 0.200. The van der Waals surface area contributed by atoms with Gasteiger partial charge >= 0.3 is 17.9 Å². The van der Waals surface area contributed by atoms with Crippen LogP contribution in [0, 0.1) is 0 Å². The lowest BCUT2D eigenvalue weighted by atomic mass is 9.98. The molecule has 0 bridgehead atoms. The molecule has 2 aromatic rings. The van der Waals surface area contributed by atoms with Gasteiger partial charge in [0, 0.05) is 6.42 Å². The normalized spacial score (nSPS) is 15.1. The molecular weight excluding hydrogens is 366 g/mol. The van der Waals surface area contributed by atoms with Gasteiger partial charge in [-0.15, -0.1) is 0 Å². The average molecular weight is 383 g/mol. The summed E-state index contributed by atoms with van der Waals surface area (Å²) in [4.78, 5) is 48.5. The summed E-state index contributed by atoms with van der Waals surface area (Å²) in [5.74, 6) is -2.56. The molecule has 28 heavy (non-hydrogen) atoms. The quantitative estimate of drug-likeness (QED) is 0.635. The van der Waals surface area contributed by atoms with Crippen LogP contribution in [0.2, 0.25) is 0 Å². The van der Waals surface area contributed by atoms with Crippen molar-refractivity contribution >= 4 is 29.5 Å². The summed E-state index contributed by atoms with van der Waals surface area (Å²) in [6, 6.07) is 10.9. The molecule has 144 valence electrons. The Bertz CT molecular complexity index is 967. The highest BCUT2D eigenvalue weighted by Crippen LogP contribution is 2.24. The van der Waals surface area contributed by atoms with E-state index in [-0.39, 0.29) is 23.2 Å². The van der Waals surface area contributed by atoms with E-state index in [1.54, 1.807) is 24.3 Å². The Hall–Kier alpha value is -3.68. The second-order valence-corrected chi connectivity index (χ2v) is 5.99. The number of amides is 1. The molecule has 2 aromatic carbocycles. The number of esters is 3. The number of hydrogen-bond acceptors (Lipinski definition) is 7. The summed E-state index contributed by atoms with van der Waals surface area (Å²) in [6.45, 7) is 0. The maximum atomic E-state index is 12.7. The topological polar surface area (TPSA) is 108 Å². The van der Waals surface area contributed by atoms with E-state index in [2.05, 4.69) is 10.1 Å². The van der Waals surface area contributed by atoms with Crippen molar-refractivity contribution in [3.05, 3.63) is 64.7 Å². The van der Waals surface area contributed by atoms with Crippen LogP contribution >= 0.6 is 0 Å². The van der Waals surface area contributed by atoms with E-state index in [1.165, 1.54) is 32.4 Å². The monoisotopic (exact) mass is 383 g/mol. The maximum Gasteiger partial charge on any atom is 0.339 e. The summed E-state index contributed by atoms with van der Waals surface area (Å²) in [5, 5.41) is 2.54. The van der Waals surface area contributed by atoms with E-state index >= 15 is 0 Å². The average Bonchev–Trinajstić information content (AvgIpc) is 2.72. The SMILES string of the molecule is COC(=O)c1ccc(C(=O)OC)c(NC(=O)[C@@H]2Cc3ccccc3C(=O)O2)c1. The smallest absolute Gasteiger partial charge is 0.339 e. The van der Waals surface area contributed by atoms with Gasteiger partial charge in [0.05, 0.1) is 36.6 Å². The molecule has 1 aliphatic rings. The number of anilines is 1. The largest absolute Gasteiger partial charge is 0.465 e. The zero-order valence-corrected chi connectivity index (χ0v) is 15.2. The molecule has 1 N–H and O–H groups in total. The molecule has 0 radical (unpaired) electrons. The first-order valence-electron chi connectivity index (χ1n) is 8.35. The molecule has 0 aliphatic carbocycles. The molecule has 8 nitrogen and oxygen atoms in total. The predicted molar refractivity (Wildman–Crippen MR) is 97.1 cm³/mol. The van der Waals surface area contributed by atoms with Gasteiger partial charge in [-0.05, 0) is 29.8 Å². The number of benzene rings is 2. The molecule has 8 heteroatoms. The van der Waals surface area contributed by atoms with Crippen LogP contribution in [0.4, 0.5) is 5.69 Å². The molecule has 1 amide bonds. The van der Waals surface area contributed by atoms with Gasteiger partial charge in [0.15, 0.2) is 6.10 Å². The van der Waals surface area contributed by atoms with Crippen LogP contribution in [0.5, 0.6) is 0 Å². The minimum Gasteiger partial charge on any atom is -0.465 e. The predicted octanol–water partition coefficient (Wildman–Crippen LogP) is 1.98. The third-order valence-corrected chi connectivity index (χ3v) is 4.29. The summed E-state index contributed by atoms with van der Waals surface area (Å²) in [5.41, 5.74) is 1.34. The van der Waals surface area contributed by atoms with Gasteiger partial charge in [-0.2, -0.15) is 0 Å². The lowest BCUT2D eigenvalue weighted by molar-refractivity contribution is -0.125. The number of fused-ring (bicyclic) bond motifs is 1. The van der Waals surface area contributed by atoms with Crippen LogP contribution in [-0.4, -0.2) is 44.1 Å². The minimum atomic E-state index is -1.07. The summed E-state index contributed by atoms with van der Waals surface area (Å²) < 4.78 is 14.6. The van der Waals surface area contributed by atoms with Crippen LogP contribution in [0.25, 0.3) is 0 Å². The van der Waals surface area contributed by atoms with Gasteiger partial charge < -0.3 is 19.5 Å². The van der Waals surface area contributed by atoms with E-state index in [0.29, 0.717) is 11.1 Å². The van der Waals surface area contributed by atoms with E-state index in [0.717, 1.165) is 0 Å². The van der Waals surface area contributed by atoms with Crippen LogP contribution < -0.4 is 5.32 Å². The molecule has 3 rings (SSSR count). The number of carbonyl (C=O) groups excluding carboxylic acids is 4. The van der Waals surface area contributed by atoms with Crippen molar-refractivity contribution in [2.75, 3.05) is 19.5 Å². The lowest BCUT2D eigenvalue weighted by Gasteiger charge is -2.24. The summed E-state index contributed by atoms with van der Waals surface area (Å²) >= 11 is 0. The van der Waals surface area contributed by atoms with Crippen molar-refractivity contribution in [1.29, 1.82) is 0 Å². The van der Waals surface area contributed by atoms with Gasteiger partial charge in [-0.1, -0.05) is 18.2 Å². The van der Waals surface area contributed by atoms with Gasteiger partial charge in [-0.25, -0.2) is 14.4 Å². The van der Waals surface area contributed by atoms with Crippen molar-refractivity contribution in [2.45, 2.75) is 12.5 Å². The molecule has 0 saturated carbocycles. The van der Waals surface area contributed by atoms with E-state index in [4.69, 9.17) is 9.47 Å². The Labute approximate surface area is 160 Å². The highest BCUT2D eigenvalue weighted by atomic mass is 16.5. The Morgan fingerprint density at radius 1 is 1.04 bits per heavy atom. The number of nitrogens with one attached hydrogen (secondary N) is 1. The first-order chi connectivity index (χ1) is 13.4. The van der Waals surface area contributed by atoms with Gasteiger partial charge in [0.1, 0.15) is 0 Å². The Morgan fingerprint density at radius 3 is 2.46 bits per heavy atom. The molecule has 0 unspecified atom stereocenters. The standard InChI is InChI=1S/C20H17NO7/c1-26-18(23)12-7-8-14(19(24)27-2)15(9-12)21-17(22)16-10-11-5-3-4-6-13(11)20(25)28-16/h3-9,16H,10H2,1-2H3,(H,21,22)/t16-/m0/s1. The first kappa shape index (κ1) is 19.1. The van der Waals surface area contributed by atoms with Gasteiger partial charge in [-0.3, -0.25) is 4.79 Å². The number of rotatable bonds is 4. The van der Waals surface area contributed by atoms with E-state index in [9.17, 15) is 19.2 Å². The van der Waals surface area contributed by atoms with Crippen LogP contribution in [-0.2, 0) is 25.4 Å². The summed E-state index contributed by atoms with van der Waals surface area (Å²) in [7, 11) is 2.41. The highest BCUT2D eigenvalue weighted by Gasteiger charge is 2.31. The number of methoxy groups -OCH3 is 2. The van der Waals surface area contributed by atoms with Crippen molar-refractivity contribution < 1.29 is 33.4 Å². The Balaban J connectivity index is 1.88. The molecule has 0 aromatic heterocycles. The Kier molecular flexibility index (Phi) is 5.39. The third-order valence-electron chi connectivity index (χ3n) is 4.29. The fourth-order valence-electron chi connectivity index (χ4n) is 2.87. The van der Waals surface area contributed by atoms with E-state index < -0.39 is 29.9 Å². The molecule has 1 heterocycles. The molecule has 0 saturated heterocycles. The fourth-order valence-corrected chi connectivity index (χ4v) is 2.87. The molecule has 0 spiro atoms. The van der Waals surface area contributed by atoms with Gasteiger partial charge in [0.2, 0.25) is 0 Å². The van der Waals surface area contributed by atoms with Crippen LogP contribution in [0.15, 0.2) is 42.5 Å². The van der Waals surface area contributed by atoms with Crippen molar-refractivity contribution in [3.63, 3.8) is 0 Å². The number of carbonyl (C=O) groups is 4. The minimum absolute atomic E-state index is 0.0473. The number of cyclic esters (lactones) is 1. The van der Waals surface area contributed by atoms with Crippen molar-refractivity contribution in [3.8, 4) is 0 Å². The van der Waals surface area contributed by atoms with E-state index in [1.807, 2.05) is 0 Å². The van der Waals surface area contributed by atoms with Crippen molar-refractivity contribution in [1.82, 2.24) is 0 Å². The highest BCUT2D eigenvalue weighted by molar-refractivity contribution is 6.05. The first-order valence-corrected chi connectivity index (χ1v) is 8.35. The Morgan fingerprint density at radius 2 is 1.75 bits per heavy atom. The molecule has 1 aliphatic heterocycles. The van der Waals surface area contributed by atoms with Crippen LogP contribution in [0.1, 0.15) is 36.6 Å². The second-order valence-electron chi connectivity index (χ2n) is 5.99. The second kappa shape index (κ2) is 7.91. The zero-order chi connectivity index (χ0) is 20.3. The summed E-state index contributed by atoms with van der Waals surface area (Å²) in [6.07, 6.45) is -0.882. The van der Waals surface area contributed by atoms with Crippen LogP contribution in [0.3, 0.4) is 0 Å². The van der Waals surface area contributed by atoms with Gasteiger partial charge in [0.25, 0.3) is 5.91 Å².